The van der Waals surface area contributed by atoms with E-state index in [1.165, 1.54) is 6.07 Å². The van der Waals surface area contributed by atoms with Crippen molar-refractivity contribution in [1.29, 1.82) is 0 Å². The maximum atomic E-state index is 13.9. The number of aromatic nitrogens is 4. The number of rotatable bonds is 5. The first kappa shape index (κ1) is 19.1. The molecule has 0 spiro atoms. The molecule has 0 fully saturated rings. The summed E-state index contributed by atoms with van der Waals surface area (Å²) in [6.45, 7) is 7.50. The number of halogens is 2. The molecular weight excluding hydrogens is 369 g/mol. The van der Waals surface area contributed by atoms with Crippen LogP contribution in [-0.4, -0.2) is 25.5 Å². The van der Waals surface area contributed by atoms with Gasteiger partial charge in [0.25, 0.3) is 0 Å². The van der Waals surface area contributed by atoms with Crippen LogP contribution in [0.15, 0.2) is 30.3 Å². The lowest BCUT2D eigenvalue weighted by Gasteiger charge is -2.13. The van der Waals surface area contributed by atoms with Crippen LogP contribution in [0.3, 0.4) is 0 Å². The Morgan fingerprint density at radius 1 is 1.26 bits per heavy atom. The Bertz CT molecular complexity index is 994. The number of carbonyl (C=O) groups is 1. The lowest BCUT2D eigenvalue weighted by atomic mass is 10.2. The number of hydrogen-bond acceptors (Lipinski definition) is 3. The van der Waals surface area contributed by atoms with Crippen molar-refractivity contribution in [3.8, 4) is 0 Å². The summed E-state index contributed by atoms with van der Waals surface area (Å²) in [7, 11) is 0. The summed E-state index contributed by atoms with van der Waals surface area (Å²) in [6, 6.07) is 7.75. The highest BCUT2D eigenvalue weighted by molar-refractivity contribution is 6.31. The molecular formula is C19H21ClFN5O. The number of hydrogen-bond donors (Lipinski definition) is 1. The van der Waals surface area contributed by atoms with E-state index in [1.807, 2.05) is 13.8 Å². The maximum absolute atomic E-state index is 13.9. The van der Waals surface area contributed by atoms with Gasteiger partial charge in [0.1, 0.15) is 11.9 Å². The Kier molecular flexibility index (Phi) is 5.32. The molecule has 0 aliphatic rings. The molecule has 6 nitrogen and oxygen atoms in total. The maximum Gasteiger partial charge on any atom is 0.250 e. The zero-order valence-corrected chi connectivity index (χ0v) is 16.4. The standard InChI is InChI=1S/C19H21ClFN5O/c1-11-9-17(24-25(11)10-15-7-5-6-8-16(15)21)22-19(27)14(4)26-13(3)18(20)12(2)23-26/h5-9,14H,10H2,1-4H3,(H,22,24,27). The Morgan fingerprint density at radius 2 is 1.96 bits per heavy atom. The molecule has 27 heavy (non-hydrogen) atoms. The molecule has 1 unspecified atom stereocenters. The molecule has 0 saturated carbocycles. The summed E-state index contributed by atoms with van der Waals surface area (Å²) in [5, 5.41) is 12.0. The lowest BCUT2D eigenvalue weighted by Crippen LogP contribution is -2.25. The smallest absolute Gasteiger partial charge is 0.250 e. The average molecular weight is 390 g/mol. The van der Waals surface area contributed by atoms with Gasteiger partial charge in [0.2, 0.25) is 5.91 Å². The van der Waals surface area contributed by atoms with E-state index in [0.29, 0.717) is 22.1 Å². The number of carbonyl (C=O) groups excluding carboxylic acids is 1. The number of anilines is 1. The summed E-state index contributed by atoms with van der Waals surface area (Å²) >= 11 is 6.16. The molecule has 0 saturated heterocycles. The molecule has 8 heteroatoms. The molecule has 0 aliphatic carbocycles. The van der Waals surface area contributed by atoms with Crippen LogP contribution >= 0.6 is 11.6 Å². The third-order valence-corrected chi connectivity index (χ3v) is 5.04. The predicted molar refractivity (Wildman–Crippen MR) is 103 cm³/mol. The van der Waals surface area contributed by atoms with E-state index in [1.54, 1.807) is 47.5 Å². The number of nitrogens with one attached hydrogen (secondary N) is 1. The summed E-state index contributed by atoms with van der Waals surface area (Å²) in [4.78, 5) is 12.6. The zero-order valence-electron chi connectivity index (χ0n) is 15.6. The van der Waals surface area contributed by atoms with E-state index in [9.17, 15) is 9.18 Å². The van der Waals surface area contributed by atoms with Gasteiger partial charge in [-0.1, -0.05) is 29.8 Å². The van der Waals surface area contributed by atoms with Crippen molar-refractivity contribution in [2.45, 2.75) is 40.3 Å². The fourth-order valence-corrected chi connectivity index (χ4v) is 3.01. The van der Waals surface area contributed by atoms with Gasteiger partial charge in [-0.3, -0.25) is 14.2 Å². The van der Waals surface area contributed by atoms with Crippen LogP contribution in [0.4, 0.5) is 10.2 Å². The van der Waals surface area contributed by atoms with Crippen LogP contribution in [-0.2, 0) is 11.3 Å². The molecule has 1 aromatic carbocycles. The minimum Gasteiger partial charge on any atom is -0.307 e. The van der Waals surface area contributed by atoms with Gasteiger partial charge in [-0.25, -0.2) is 4.39 Å². The van der Waals surface area contributed by atoms with Gasteiger partial charge in [0.15, 0.2) is 5.82 Å². The van der Waals surface area contributed by atoms with Crippen LogP contribution in [0.2, 0.25) is 5.02 Å². The van der Waals surface area contributed by atoms with E-state index in [2.05, 4.69) is 15.5 Å². The Labute approximate surface area is 161 Å². The molecule has 1 atom stereocenters. The van der Waals surface area contributed by atoms with Crippen LogP contribution in [0, 0.1) is 26.6 Å². The average Bonchev–Trinajstić information content (AvgIpc) is 3.10. The first-order valence-electron chi connectivity index (χ1n) is 8.58. The molecule has 3 rings (SSSR count). The molecule has 142 valence electrons. The van der Waals surface area contributed by atoms with Gasteiger partial charge in [0, 0.05) is 17.3 Å². The van der Waals surface area contributed by atoms with Crippen molar-refractivity contribution in [2.24, 2.45) is 0 Å². The van der Waals surface area contributed by atoms with E-state index in [0.717, 1.165) is 11.4 Å². The Morgan fingerprint density at radius 3 is 2.59 bits per heavy atom. The molecule has 2 heterocycles. The zero-order chi connectivity index (χ0) is 19.7. The Hall–Kier alpha value is -2.67. The van der Waals surface area contributed by atoms with Crippen LogP contribution in [0.25, 0.3) is 0 Å². The molecule has 1 N–H and O–H groups in total. The highest BCUT2D eigenvalue weighted by Crippen LogP contribution is 2.23. The summed E-state index contributed by atoms with van der Waals surface area (Å²) < 4.78 is 17.1. The summed E-state index contributed by atoms with van der Waals surface area (Å²) in [5.41, 5.74) is 2.76. The predicted octanol–water partition coefficient (Wildman–Crippen LogP) is 4.05. The van der Waals surface area contributed by atoms with Gasteiger partial charge in [-0.2, -0.15) is 10.2 Å². The number of aryl methyl sites for hydroxylation is 2. The van der Waals surface area contributed by atoms with Crippen molar-refractivity contribution >= 4 is 23.3 Å². The fourth-order valence-electron chi connectivity index (χ4n) is 2.88. The number of nitrogens with zero attached hydrogens (tertiary/aromatic N) is 4. The van der Waals surface area contributed by atoms with E-state index in [4.69, 9.17) is 11.6 Å². The second-order valence-corrected chi connectivity index (χ2v) is 6.89. The summed E-state index contributed by atoms with van der Waals surface area (Å²) in [6.07, 6.45) is 0. The molecule has 2 aromatic heterocycles. The van der Waals surface area contributed by atoms with Crippen molar-refractivity contribution in [3.05, 3.63) is 63.8 Å². The highest BCUT2D eigenvalue weighted by Gasteiger charge is 2.21. The topological polar surface area (TPSA) is 64.7 Å². The van der Waals surface area contributed by atoms with Crippen molar-refractivity contribution in [3.63, 3.8) is 0 Å². The first-order chi connectivity index (χ1) is 12.8. The molecule has 0 radical (unpaired) electrons. The van der Waals surface area contributed by atoms with Gasteiger partial charge in [0.05, 0.1) is 23.0 Å². The largest absolute Gasteiger partial charge is 0.307 e. The van der Waals surface area contributed by atoms with Crippen molar-refractivity contribution in [2.75, 3.05) is 5.32 Å². The molecule has 1 amide bonds. The summed E-state index contributed by atoms with van der Waals surface area (Å²) in [5.74, 6) is -0.130. The second-order valence-electron chi connectivity index (χ2n) is 6.51. The van der Waals surface area contributed by atoms with Crippen molar-refractivity contribution in [1.82, 2.24) is 19.6 Å². The lowest BCUT2D eigenvalue weighted by molar-refractivity contribution is -0.119. The quantitative estimate of drug-likeness (QED) is 0.716. The molecule has 3 aromatic rings. The van der Waals surface area contributed by atoms with Gasteiger partial charge >= 0.3 is 0 Å². The third-order valence-electron chi connectivity index (χ3n) is 4.49. The van der Waals surface area contributed by atoms with Crippen LogP contribution in [0.1, 0.15) is 35.6 Å². The molecule has 0 bridgehead atoms. The van der Waals surface area contributed by atoms with E-state index in [-0.39, 0.29) is 18.3 Å². The molecule has 0 aliphatic heterocycles. The minimum atomic E-state index is -0.548. The van der Waals surface area contributed by atoms with Crippen LogP contribution in [0.5, 0.6) is 0 Å². The third kappa shape index (κ3) is 3.88. The van der Waals surface area contributed by atoms with Crippen molar-refractivity contribution < 1.29 is 9.18 Å². The minimum absolute atomic E-state index is 0.257. The fraction of sp³-hybridized carbons (Fsp3) is 0.316. The normalized spacial score (nSPS) is 12.2. The number of amides is 1. The second kappa shape index (κ2) is 7.52. The van der Waals surface area contributed by atoms with Gasteiger partial charge < -0.3 is 5.32 Å². The van der Waals surface area contributed by atoms with E-state index < -0.39 is 6.04 Å². The van der Waals surface area contributed by atoms with E-state index >= 15 is 0 Å². The first-order valence-corrected chi connectivity index (χ1v) is 8.95. The van der Waals surface area contributed by atoms with Gasteiger partial charge in [-0.05, 0) is 33.8 Å². The monoisotopic (exact) mass is 389 g/mol. The SMILES string of the molecule is Cc1nn(C(C)C(=O)Nc2cc(C)n(Cc3ccccc3F)n2)c(C)c1Cl. The van der Waals surface area contributed by atoms with Gasteiger partial charge in [-0.15, -0.1) is 0 Å². The highest BCUT2D eigenvalue weighted by atomic mass is 35.5. The number of benzene rings is 1. The Balaban J connectivity index is 1.75. The van der Waals surface area contributed by atoms with Crippen LogP contribution < -0.4 is 5.32 Å².